The predicted molar refractivity (Wildman–Crippen MR) is 80.5 cm³/mol. The average Bonchev–Trinajstić information content (AvgIpc) is 2.35. The van der Waals surface area contributed by atoms with E-state index in [-0.39, 0.29) is 19.0 Å². The molecule has 0 radical (unpaired) electrons. The van der Waals surface area contributed by atoms with Crippen molar-refractivity contribution < 1.29 is 13.9 Å². The molecule has 0 bridgehead atoms. The number of halogens is 1. The summed E-state index contributed by atoms with van der Waals surface area (Å²) in [6.45, 7) is 8.53. The Bertz CT molecular complexity index is 541. The van der Waals surface area contributed by atoms with Gasteiger partial charge >= 0.3 is 6.09 Å². The third-order valence-electron chi connectivity index (χ3n) is 2.33. The van der Waals surface area contributed by atoms with Crippen LogP contribution in [0.2, 0.25) is 19.6 Å². The van der Waals surface area contributed by atoms with Crippen LogP contribution >= 0.6 is 0 Å². The highest BCUT2D eigenvalue weighted by molar-refractivity contribution is 6.83. The predicted octanol–water partition coefficient (Wildman–Crippen LogP) is 3.30. The van der Waals surface area contributed by atoms with E-state index < -0.39 is 14.2 Å². The number of nitrogens with one attached hydrogen (secondary N) is 1. The molecule has 0 aliphatic heterocycles. The van der Waals surface area contributed by atoms with E-state index in [4.69, 9.17) is 4.74 Å². The molecule has 0 saturated carbocycles. The Kier molecular flexibility index (Phi) is 5.77. The maximum atomic E-state index is 13.6. The van der Waals surface area contributed by atoms with Crippen molar-refractivity contribution in [3.63, 3.8) is 0 Å². The van der Waals surface area contributed by atoms with Crippen LogP contribution in [0.25, 0.3) is 0 Å². The molecule has 20 heavy (non-hydrogen) atoms. The number of hydrogen-bond acceptors (Lipinski definition) is 2. The Morgan fingerprint density at radius 3 is 2.70 bits per heavy atom. The van der Waals surface area contributed by atoms with Gasteiger partial charge in [-0.25, -0.2) is 9.18 Å². The Balaban J connectivity index is 2.81. The number of amides is 1. The molecule has 0 atom stereocenters. The number of alkyl carbamates (subject to hydrolysis) is 1. The third kappa shape index (κ3) is 5.89. The molecular weight excluding hydrogens is 273 g/mol. The van der Waals surface area contributed by atoms with Crippen LogP contribution in [-0.2, 0) is 11.3 Å². The number of rotatable bonds is 3. The largest absolute Gasteiger partial charge is 0.450 e. The molecule has 0 aliphatic carbocycles. The van der Waals surface area contributed by atoms with E-state index in [0.717, 1.165) is 5.56 Å². The first-order valence-corrected chi connectivity index (χ1v) is 10.0. The fourth-order valence-corrected chi connectivity index (χ4v) is 1.92. The zero-order valence-corrected chi connectivity index (χ0v) is 13.3. The molecule has 0 aliphatic rings. The monoisotopic (exact) mass is 293 g/mol. The molecule has 0 spiro atoms. The molecule has 1 rings (SSSR count). The van der Waals surface area contributed by atoms with Crippen molar-refractivity contribution in [2.45, 2.75) is 33.1 Å². The van der Waals surface area contributed by atoms with E-state index in [2.05, 4.69) is 36.4 Å². The van der Waals surface area contributed by atoms with Gasteiger partial charge in [-0.15, -0.1) is 5.54 Å². The maximum absolute atomic E-state index is 13.6. The van der Waals surface area contributed by atoms with Crippen molar-refractivity contribution in [1.82, 2.24) is 5.32 Å². The Hall–Kier alpha value is -1.80. The molecule has 0 saturated heterocycles. The first-order valence-electron chi connectivity index (χ1n) is 6.54. The summed E-state index contributed by atoms with van der Waals surface area (Å²) in [5, 5.41) is 2.50. The van der Waals surface area contributed by atoms with Crippen LogP contribution in [-0.4, -0.2) is 20.8 Å². The van der Waals surface area contributed by atoms with Gasteiger partial charge < -0.3 is 10.1 Å². The Morgan fingerprint density at radius 2 is 2.10 bits per heavy atom. The van der Waals surface area contributed by atoms with Crippen LogP contribution in [0, 0.1) is 17.3 Å². The van der Waals surface area contributed by atoms with E-state index >= 15 is 0 Å². The van der Waals surface area contributed by atoms with Crippen LogP contribution in [0.1, 0.15) is 18.1 Å². The minimum atomic E-state index is -1.46. The van der Waals surface area contributed by atoms with Crippen molar-refractivity contribution in [2.75, 3.05) is 6.61 Å². The number of ether oxygens (including phenoxy) is 1. The summed E-state index contributed by atoms with van der Waals surface area (Å²) in [6, 6.07) is 4.68. The summed E-state index contributed by atoms with van der Waals surface area (Å²) in [7, 11) is -1.46. The topological polar surface area (TPSA) is 38.3 Å². The number of carbonyl (C=O) groups is 1. The van der Waals surface area contributed by atoms with Gasteiger partial charge in [0.1, 0.15) is 13.9 Å². The van der Waals surface area contributed by atoms with Crippen molar-refractivity contribution in [2.24, 2.45) is 0 Å². The number of carbonyl (C=O) groups excluding carboxylic acids is 1. The summed E-state index contributed by atoms with van der Waals surface area (Å²) in [6.07, 6.45) is -0.550. The summed E-state index contributed by atoms with van der Waals surface area (Å²) < 4.78 is 18.4. The van der Waals surface area contributed by atoms with Gasteiger partial charge in [-0.1, -0.05) is 25.6 Å². The van der Waals surface area contributed by atoms with Gasteiger partial charge in [-0.3, -0.25) is 0 Å². The second-order valence-corrected chi connectivity index (χ2v) is 10.1. The first-order chi connectivity index (χ1) is 9.31. The van der Waals surface area contributed by atoms with Crippen molar-refractivity contribution in [3.05, 3.63) is 35.1 Å². The van der Waals surface area contributed by atoms with Crippen LogP contribution in [0.4, 0.5) is 9.18 Å². The number of hydrogen-bond donors (Lipinski definition) is 1. The van der Waals surface area contributed by atoms with E-state index in [1.54, 1.807) is 19.1 Å². The van der Waals surface area contributed by atoms with Gasteiger partial charge in [0.05, 0.1) is 6.61 Å². The molecular formula is C15H20FNO2Si. The van der Waals surface area contributed by atoms with E-state index in [0.29, 0.717) is 5.56 Å². The van der Waals surface area contributed by atoms with Gasteiger partial charge in [0.15, 0.2) is 0 Å². The normalized spacial score (nSPS) is 10.4. The van der Waals surface area contributed by atoms with Crippen LogP contribution < -0.4 is 5.32 Å². The standard InChI is InChI=1S/C15H20FNO2Si/c1-5-19-15(18)17-11-13-10-12(6-7-14(13)16)8-9-20(2,3)4/h6-7,10H,5,11H2,1-4H3,(H,17,18). The summed E-state index contributed by atoms with van der Waals surface area (Å²) in [5.41, 5.74) is 4.39. The SMILES string of the molecule is CCOC(=O)NCc1cc(C#C[Si](C)(C)C)ccc1F. The minimum absolute atomic E-state index is 0.0904. The molecule has 3 nitrogen and oxygen atoms in total. The lowest BCUT2D eigenvalue weighted by Crippen LogP contribution is -2.24. The average molecular weight is 293 g/mol. The molecule has 0 heterocycles. The van der Waals surface area contributed by atoms with Gasteiger partial charge in [-0.2, -0.15) is 0 Å². The summed E-state index contributed by atoms with van der Waals surface area (Å²) in [5.74, 6) is 2.71. The maximum Gasteiger partial charge on any atom is 0.407 e. The zero-order valence-electron chi connectivity index (χ0n) is 12.3. The molecule has 0 fully saturated rings. The van der Waals surface area contributed by atoms with E-state index in [1.165, 1.54) is 6.07 Å². The quantitative estimate of drug-likeness (QED) is 0.686. The fourth-order valence-electron chi connectivity index (χ4n) is 1.40. The summed E-state index contributed by atoms with van der Waals surface area (Å²) >= 11 is 0. The highest BCUT2D eigenvalue weighted by atomic mass is 28.3. The molecule has 5 heteroatoms. The fraction of sp³-hybridized carbons (Fsp3) is 0.400. The van der Waals surface area contributed by atoms with Crippen LogP contribution in [0.3, 0.4) is 0 Å². The van der Waals surface area contributed by atoms with Crippen molar-refractivity contribution in [1.29, 1.82) is 0 Å². The molecule has 1 aromatic carbocycles. The smallest absolute Gasteiger partial charge is 0.407 e. The second-order valence-electron chi connectivity index (χ2n) is 5.38. The Morgan fingerprint density at radius 1 is 1.40 bits per heavy atom. The second kappa shape index (κ2) is 7.11. The van der Waals surface area contributed by atoms with E-state index in [9.17, 15) is 9.18 Å². The van der Waals surface area contributed by atoms with Crippen molar-refractivity contribution >= 4 is 14.2 Å². The van der Waals surface area contributed by atoms with Crippen molar-refractivity contribution in [3.8, 4) is 11.5 Å². The third-order valence-corrected chi connectivity index (χ3v) is 3.20. The first kappa shape index (κ1) is 16.3. The van der Waals surface area contributed by atoms with Crippen LogP contribution in [0.15, 0.2) is 18.2 Å². The molecule has 1 aromatic rings. The van der Waals surface area contributed by atoms with Gasteiger partial charge in [-0.05, 0) is 25.1 Å². The summed E-state index contributed by atoms with van der Waals surface area (Å²) in [4.78, 5) is 11.2. The zero-order chi connectivity index (χ0) is 15.2. The van der Waals surface area contributed by atoms with Crippen LogP contribution in [0.5, 0.6) is 0 Å². The molecule has 1 amide bonds. The lowest BCUT2D eigenvalue weighted by Gasteiger charge is -2.07. The van der Waals surface area contributed by atoms with E-state index in [1.807, 2.05) is 0 Å². The molecule has 0 aromatic heterocycles. The molecule has 1 N–H and O–H groups in total. The van der Waals surface area contributed by atoms with Gasteiger partial charge in [0.25, 0.3) is 0 Å². The lowest BCUT2D eigenvalue weighted by atomic mass is 10.1. The molecule has 108 valence electrons. The highest BCUT2D eigenvalue weighted by Gasteiger charge is 2.09. The van der Waals surface area contributed by atoms with Gasteiger partial charge in [0, 0.05) is 17.7 Å². The van der Waals surface area contributed by atoms with Gasteiger partial charge in [0.2, 0.25) is 0 Å². The molecule has 0 unspecified atom stereocenters. The minimum Gasteiger partial charge on any atom is -0.450 e. The Labute approximate surface area is 120 Å². The lowest BCUT2D eigenvalue weighted by molar-refractivity contribution is 0.151. The highest BCUT2D eigenvalue weighted by Crippen LogP contribution is 2.10. The number of benzene rings is 1.